The molecule has 2 aliphatic heterocycles. The van der Waals surface area contributed by atoms with E-state index in [0.717, 1.165) is 0 Å². The highest BCUT2D eigenvalue weighted by Crippen LogP contribution is 2.20. The van der Waals surface area contributed by atoms with E-state index >= 15 is 0 Å². The number of nitrogen functional groups attached to an aromatic ring is 1. The van der Waals surface area contributed by atoms with Crippen LogP contribution in [-0.4, -0.2) is 76.8 Å². The van der Waals surface area contributed by atoms with E-state index in [9.17, 15) is 10.2 Å². The third-order valence-corrected chi connectivity index (χ3v) is 3.46. The molecule has 1 aromatic rings. The molecule has 110 valence electrons. The van der Waals surface area contributed by atoms with Crippen molar-refractivity contribution < 1.29 is 14.9 Å². The summed E-state index contributed by atoms with van der Waals surface area (Å²) in [5.41, 5.74) is 5.73. The molecule has 0 radical (unpaired) electrons. The SMILES string of the molecule is Nc1nc(N2CCOCC2)nc(N2CC(O)C(O)C2)n1. The monoisotopic (exact) mass is 282 g/mol. The first kappa shape index (κ1) is 13.3. The van der Waals surface area contributed by atoms with Crippen LogP contribution in [0.25, 0.3) is 0 Å². The van der Waals surface area contributed by atoms with Crippen LogP contribution in [0.3, 0.4) is 0 Å². The van der Waals surface area contributed by atoms with Crippen LogP contribution in [-0.2, 0) is 4.74 Å². The summed E-state index contributed by atoms with van der Waals surface area (Å²) >= 11 is 0. The summed E-state index contributed by atoms with van der Waals surface area (Å²) < 4.78 is 5.29. The number of ether oxygens (including phenoxy) is 1. The van der Waals surface area contributed by atoms with Crippen LogP contribution in [0.1, 0.15) is 0 Å². The second-order valence-electron chi connectivity index (χ2n) is 4.93. The molecule has 0 aromatic carbocycles. The Hall–Kier alpha value is -1.71. The number of hydrogen-bond donors (Lipinski definition) is 3. The molecule has 4 N–H and O–H groups in total. The van der Waals surface area contributed by atoms with Crippen molar-refractivity contribution in [2.24, 2.45) is 0 Å². The van der Waals surface area contributed by atoms with E-state index in [1.54, 1.807) is 4.90 Å². The lowest BCUT2D eigenvalue weighted by atomic mass is 10.3. The Balaban J connectivity index is 1.83. The average molecular weight is 282 g/mol. The number of aliphatic hydroxyl groups excluding tert-OH is 2. The minimum atomic E-state index is -0.792. The molecule has 2 unspecified atom stereocenters. The van der Waals surface area contributed by atoms with Gasteiger partial charge in [0.1, 0.15) is 0 Å². The van der Waals surface area contributed by atoms with Crippen molar-refractivity contribution in [3.8, 4) is 0 Å². The van der Waals surface area contributed by atoms with Gasteiger partial charge in [-0.25, -0.2) is 0 Å². The lowest BCUT2D eigenvalue weighted by molar-refractivity contribution is 0.0572. The van der Waals surface area contributed by atoms with Crippen LogP contribution in [0.5, 0.6) is 0 Å². The lowest BCUT2D eigenvalue weighted by Crippen LogP contribution is -2.38. The number of anilines is 3. The maximum Gasteiger partial charge on any atom is 0.232 e. The number of aliphatic hydroxyl groups is 2. The highest BCUT2D eigenvalue weighted by molar-refractivity contribution is 5.44. The van der Waals surface area contributed by atoms with E-state index in [0.29, 0.717) is 38.2 Å². The minimum absolute atomic E-state index is 0.132. The molecule has 20 heavy (non-hydrogen) atoms. The molecule has 9 heteroatoms. The van der Waals surface area contributed by atoms with E-state index < -0.39 is 12.2 Å². The summed E-state index contributed by atoms with van der Waals surface area (Å²) in [6.45, 7) is 3.23. The van der Waals surface area contributed by atoms with Crippen molar-refractivity contribution in [2.45, 2.75) is 12.2 Å². The molecule has 0 spiro atoms. The zero-order valence-corrected chi connectivity index (χ0v) is 11.0. The summed E-state index contributed by atoms with van der Waals surface area (Å²) in [5, 5.41) is 19.2. The Morgan fingerprint density at radius 3 is 2.10 bits per heavy atom. The molecule has 3 rings (SSSR count). The van der Waals surface area contributed by atoms with Crippen LogP contribution >= 0.6 is 0 Å². The number of hydrogen-bond acceptors (Lipinski definition) is 9. The first-order valence-electron chi connectivity index (χ1n) is 6.59. The van der Waals surface area contributed by atoms with E-state index in [2.05, 4.69) is 15.0 Å². The Labute approximate surface area is 116 Å². The fourth-order valence-electron chi connectivity index (χ4n) is 2.35. The zero-order chi connectivity index (χ0) is 14.1. The highest BCUT2D eigenvalue weighted by atomic mass is 16.5. The van der Waals surface area contributed by atoms with Crippen molar-refractivity contribution in [1.82, 2.24) is 15.0 Å². The largest absolute Gasteiger partial charge is 0.388 e. The van der Waals surface area contributed by atoms with Gasteiger partial charge in [-0.15, -0.1) is 0 Å². The molecule has 0 amide bonds. The Kier molecular flexibility index (Phi) is 3.55. The number of β-amino-alcohol motifs (C(OH)–C–C–N with tert-alkyl or cyclic N) is 2. The molecule has 9 nitrogen and oxygen atoms in total. The Bertz CT molecular complexity index is 471. The van der Waals surface area contributed by atoms with Crippen molar-refractivity contribution in [3.05, 3.63) is 0 Å². The second-order valence-corrected chi connectivity index (χ2v) is 4.93. The fraction of sp³-hybridized carbons (Fsp3) is 0.727. The van der Waals surface area contributed by atoms with Crippen molar-refractivity contribution >= 4 is 17.8 Å². The predicted molar refractivity (Wildman–Crippen MR) is 71.5 cm³/mol. The average Bonchev–Trinajstić information content (AvgIpc) is 2.79. The number of aromatic nitrogens is 3. The molecular weight excluding hydrogens is 264 g/mol. The maximum absolute atomic E-state index is 9.60. The molecule has 2 atom stereocenters. The normalized spacial score (nSPS) is 27.1. The lowest BCUT2D eigenvalue weighted by Gasteiger charge is -2.27. The third-order valence-electron chi connectivity index (χ3n) is 3.46. The van der Waals surface area contributed by atoms with E-state index in [4.69, 9.17) is 10.5 Å². The predicted octanol–water partition coefficient (Wildman–Crippen LogP) is -2.17. The van der Waals surface area contributed by atoms with Gasteiger partial charge in [0.25, 0.3) is 0 Å². The van der Waals surface area contributed by atoms with Gasteiger partial charge in [0.2, 0.25) is 17.8 Å². The fourth-order valence-corrected chi connectivity index (χ4v) is 2.35. The van der Waals surface area contributed by atoms with Gasteiger partial charge in [0.15, 0.2) is 0 Å². The topological polar surface area (TPSA) is 121 Å². The minimum Gasteiger partial charge on any atom is -0.388 e. The number of nitrogens with zero attached hydrogens (tertiary/aromatic N) is 5. The molecular formula is C11H18N6O3. The maximum atomic E-state index is 9.60. The number of rotatable bonds is 2. The summed E-state index contributed by atoms with van der Waals surface area (Å²) in [7, 11) is 0. The molecule has 3 heterocycles. The van der Waals surface area contributed by atoms with E-state index in [1.807, 2.05) is 4.90 Å². The van der Waals surface area contributed by atoms with Gasteiger partial charge >= 0.3 is 0 Å². The quantitative estimate of drug-likeness (QED) is 0.556. The van der Waals surface area contributed by atoms with Gasteiger partial charge in [0, 0.05) is 26.2 Å². The molecule has 0 saturated carbocycles. The van der Waals surface area contributed by atoms with Crippen LogP contribution in [0.15, 0.2) is 0 Å². The van der Waals surface area contributed by atoms with Crippen LogP contribution < -0.4 is 15.5 Å². The molecule has 2 aliphatic rings. The zero-order valence-electron chi connectivity index (χ0n) is 11.0. The third kappa shape index (κ3) is 2.60. The molecule has 2 fully saturated rings. The van der Waals surface area contributed by atoms with E-state index in [1.165, 1.54) is 0 Å². The Morgan fingerprint density at radius 2 is 1.50 bits per heavy atom. The first-order valence-corrected chi connectivity index (χ1v) is 6.59. The van der Waals surface area contributed by atoms with Crippen LogP contribution in [0.4, 0.5) is 17.8 Å². The van der Waals surface area contributed by atoms with Gasteiger partial charge in [0.05, 0.1) is 25.4 Å². The molecule has 0 aliphatic carbocycles. The first-order chi connectivity index (χ1) is 9.63. The van der Waals surface area contributed by atoms with Crippen molar-refractivity contribution in [2.75, 3.05) is 54.9 Å². The van der Waals surface area contributed by atoms with Gasteiger partial charge < -0.3 is 30.5 Å². The van der Waals surface area contributed by atoms with Crippen LogP contribution in [0.2, 0.25) is 0 Å². The van der Waals surface area contributed by atoms with Gasteiger partial charge in [-0.1, -0.05) is 0 Å². The second kappa shape index (κ2) is 5.35. The van der Waals surface area contributed by atoms with Gasteiger partial charge in [-0.05, 0) is 0 Å². The number of nitrogens with two attached hydrogens (primary N) is 1. The summed E-state index contributed by atoms with van der Waals surface area (Å²) in [5.74, 6) is 1.02. The molecule has 0 bridgehead atoms. The van der Waals surface area contributed by atoms with Crippen LogP contribution in [0, 0.1) is 0 Å². The van der Waals surface area contributed by atoms with E-state index in [-0.39, 0.29) is 19.0 Å². The summed E-state index contributed by atoms with van der Waals surface area (Å²) in [6, 6.07) is 0. The Morgan fingerprint density at radius 1 is 0.950 bits per heavy atom. The summed E-state index contributed by atoms with van der Waals surface area (Å²) in [6.07, 6.45) is -1.58. The van der Waals surface area contributed by atoms with Crippen molar-refractivity contribution in [3.63, 3.8) is 0 Å². The van der Waals surface area contributed by atoms with Gasteiger partial charge in [-0.3, -0.25) is 0 Å². The standard InChI is InChI=1S/C11H18N6O3/c12-9-13-10(16-1-3-20-4-2-16)15-11(14-9)17-5-7(18)8(19)6-17/h7-8,18-19H,1-6H2,(H2,12,13,14,15). The van der Waals surface area contributed by atoms with Crippen molar-refractivity contribution in [1.29, 1.82) is 0 Å². The smallest absolute Gasteiger partial charge is 0.232 e. The van der Waals surface area contributed by atoms with Gasteiger partial charge in [-0.2, -0.15) is 15.0 Å². The molecule has 1 aromatic heterocycles. The molecule has 2 saturated heterocycles. The summed E-state index contributed by atoms with van der Waals surface area (Å²) in [4.78, 5) is 16.3. The highest BCUT2D eigenvalue weighted by Gasteiger charge is 2.31. The number of morpholine rings is 1.